The zero-order valence-corrected chi connectivity index (χ0v) is 13.3. The highest BCUT2D eigenvalue weighted by Crippen LogP contribution is 2.17. The van der Waals surface area contributed by atoms with Crippen molar-refractivity contribution in [3.63, 3.8) is 0 Å². The van der Waals surface area contributed by atoms with E-state index in [1.54, 1.807) is 19.9 Å². The Morgan fingerprint density at radius 1 is 1.32 bits per heavy atom. The van der Waals surface area contributed by atoms with Crippen LogP contribution in [0.4, 0.5) is 10.5 Å². The molecule has 0 spiro atoms. The van der Waals surface area contributed by atoms with Crippen LogP contribution in [0.2, 0.25) is 0 Å². The number of hydrogen-bond donors (Lipinski definition) is 3. The quantitative estimate of drug-likeness (QED) is 0.811. The molecule has 0 saturated carbocycles. The summed E-state index contributed by atoms with van der Waals surface area (Å²) in [4.78, 5) is 12.0. The normalized spacial score (nSPS) is 11.3. The van der Waals surface area contributed by atoms with Crippen LogP contribution in [0.25, 0.3) is 5.69 Å². The van der Waals surface area contributed by atoms with E-state index < -0.39 is 5.54 Å². The summed E-state index contributed by atoms with van der Waals surface area (Å²) < 4.78 is 1.83. The van der Waals surface area contributed by atoms with Gasteiger partial charge in [0.1, 0.15) is 0 Å². The predicted molar refractivity (Wildman–Crippen MR) is 86.4 cm³/mol. The highest BCUT2D eigenvalue weighted by atomic mass is 16.3. The van der Waals surface area contributed by atoms with Crippen LogP contribution in [0.1, 0.15) is 25.2 Å². The van der Waals surface area contributed by atoms with Gasteiger partial charge >= 0.3 is 6.03 Å². The first-order chi connectivity index (χ1) is 10.3. The first kappa shape index (κ1) is 16.0. The highest BCUT2D eigenvalue weighted by molar-refractivity contribution is 5.90. The largest absolute Gasteiger partial charge is 0.394 e. The van der Waals surface area contributed by atoms with Gasteiger partial charge in [0, 0.05) is 11.4 Å². The fourth-order valence-corrected chi connectivity index (χ4v) is 2.11. The number of urea groups is 1. The first-order valence-corrected chi connectivity index (χ1v) is 7.14. The molecule has 1 aromatic carbocycles. The van der Waals surface area contributed by atoms with E-state index >= 15 is 0 Å². The molecule has 0 radical (unpaired) electrons. The maximum Gasteiger partial charge on any atom is 0.319 e. The number of aliphatic hydroxyl groups excluding tert-OH is 1. The third-order valence-electron chi connectivity index (χ3n) is 3.21. The smallest absolute Gasteiger partial charge is 0.319 e. The minimum Gasteiger partial charge on any atom is -0.394 e. The molecular formula is C16H22N4O2. The number of aryl methyl sites for hydroxylation is 2. The Balaban J connectivity index is 2.16. The van der Waals surface area contributed by atoms with Crippen LogP contribution in [-0.2, 0) is 0 Å². The number of aliphatic hydroxyl groups is 1. The van der Waals surface area contributed by atoms with Crippen molar-refractivity contribution in [1.82, 2.24) is 15.1 Å². The maximum atomic E-state index is 12.0. The average molecular weight is 302 g/mol. The van der Waals surface area contributed by atoms with Crippen molar-refractivity contribution < 1.29 is 9.90 Å². The Morgan fingerprint density at radius 3 is 2.64 bits per heavy atom. The Labute approximate surface area is 130 Å². The number of nitrogens with zero attached hydrogens (tertiary/aromatic N) is 2. The zero-order chi connectivity index (χ0) is 16.3. The van der Waals surface area contributed by atoms with E-state index in [2.05, 4.69) is 15.7 Å². The van der Waals surface area contributed by atoms with Crippen LogP contribution < -0.4 is 10.6 Å². The summed E-state index contributed by atoms with van der Waals surface area (Å²) in [5.41, 5.74) is 2.84. The number of anilines is 1. The van der Waals surface area contributed by atoms with Crippen molar-refractivity contribution in [2.24, 2.45) is 0 Å². The van der Waals surface area contributed by atoms with Gasteiger partial charge in [-0.3, -0.25) is 0 Å². The van der Waals surface area contributed by atoms with Crippen molar-refractivity contribution in [3.8, 4) is 5.69 Å². The van der Waals surface area contributed by atoms with Crippen LogP contribution in [0.15, 0.2) is 30.3 Å². The summed E-state index contributed by atoms with van der Waals surface area (Å²) >= 11 is 0. The predicted octanol–water partition coefficient (Wildman–Crippen LogP) is 2.38. The third kappa shape index (κ3) is 3.85. The standard InChI is InChI=1S/C16H22N4O2/c1-11-8-12(2)20(19-11)14-7-5-6-13(9-14)17-15(22)18-16(3,4)10-21/h5-9,21H,10H2,1-4H3,(H2,17,18,22). The van der Waals surface area contributed by atoms with Crippen LogP contribution in [0.3, 0.4) is 0 Å². The third-order valence-corrected chi connectivity index (χ3v) is 3.21. The lowest BCUT2D eigenvalue weighted by molar-refractivity contribution is 0.187. The maximum absolute atomic E-state index is 12.0. The molecule has 0 aliphatic carbocycles. The lowest BCUT2D eigenvalue weighted by Crippen LogP contribution is -2.48. The summed E-state index contributed by atoms with van der Waals surface area (Å²) in [5.74, 6) is 0. The Morgan fingerprint density at radius 2 is 2.05 bits per heavy atom. The molecule has 0 saturated heterocycles. The number of hydrogen-bond acceptors (Lipinski definition) is 3. The van der Waals surface area contributed by atoms with Gasteiger partial charge in [0.15, 0.2) is 0 Å². The molecule has 0 bridgehead atoms. The molecule has 118 valence electrons. The van der Waals surface area contributed by atoms with Gasteiger partial charge in [0.2, 0.25) is 0 Å². The monoisotopic (exact) mass is 302 g/mol. The molecule has 0 fully saturated rings. The molecular weight excluding hydrogens is 280 g/mol. The Bertz CT molecular complexity index is 677. The Hall–Kier alpha value is -2.34. The van der Waals surface area contributed by atoms with E-state index in [0.717, 1.165) is 17.1 Å². The number of carbonyl (C=O) groups is 1. The van der Waals surface area contributed by atoms with Gasteiger partial charge in [-0.05, 0) is 52.0 Å². The van der Waals surface area contributed by atoms with Crippen LogP contribution in [-0.4, -0.2) is 33.1 Å². The van der Waals surface area contributed by atoms with E-state index in [-0.39, 0.29) is 12.6 Å². The fourth-order valence-electron chi connectivity index (χ4n) is 2.11. The number of benzene rings is 1. The van der Waals surface area contributed by atoms with Crippen molar-refractivity contribution in [1.29, 1.82) is 0 Å². The van der Waals surface area contributed by atoms with Gasteiger partial charge in [-0.1, -0.05) is 6.07 Å². The van der Waals surface area contributed by atoms with Gasteiger partial charge in [-0.15, -0.1) is 0 Å². The van der Waals surface area contributed by atoms with E-state index in [1.807, 2.05) is 42.8 Å². The second-order valence-corrected chi connectivity index (χ2v) is 6.01. The van der Waals surface area contributed by atoms with Gasteiger partial charge in [0.05, 0.1) is 23.5 Å². The van der Waals surface area contributed by atoms with Crippen LogP contribution >= 0.6 is 0 Å². The molecule has 0 atom stereocenters. The molecule has 1 aromatic heterocycles. The lowest BCUT2D eigenvalue weighted by atomic mass is 10.1. The minimum absolute atomic E-state index is 0.133. The van der Waals surface area contributed by atoms with E-state index in [4.69, 9.17) is 0 Å². The summed E-state index contributed by atoms with van der Waals surface area (Å²) in [5, 5.41) is 19.1. The van der Waals surface area contributed by atoms with E-state index in [9.17, 15) is 9.90 Å². The molecule has 6 nitrogen and oxygen atoms in total. The summed E-state index contributed by atoms with van der Waals surface area (Å²) in [6.07, 6.45) is 0. The molecule has 1 heterocycles. The SMILES string of the molecule is Cc1cc(C)n(-c2cccc(NC(=O)NC(C)(C)CO)c2)n1. The number of amides is 2. The van der Waals surface area contributed by atoms with Gasteiger partial charge in [0.25, 0.3) is 0 Å². The summed E-state index contributed by atoms with van der Waals surface area (Å²) in [6.45, 7) is 7.29. The molecule has 0 aliphatic rings. The molecule has 0 aliphatic heterocycles. The fraction of sp³-hybridized carbons (Fsp3) is 0.375. The van der Waals surface area contributed by atoms with Crippen LogP contribution in [0.5, 0.6) is 0 Å². The Kier molecular flexibility index (Phi) is 4.51. The molecule has 6 heteroatoms. The molecule has 22 heavy (non-hydrogen) atoms. The second-order valence-electron chi connectivity index (χ2n) is 6.01. The van der Waals surface area contributed by atoms with Gasteiger partial charge < -0.3 is 15.7 Å². The molecule has 3 N–H and O–H groups in total. The average Bonchev–Trinajstić information content (AvgIpc) is 2.77. The van der Waals surface area contributed by atoms with Gasteiger partial charge in [-0.25, -0.2) is 9.48 Å². The number of aromatic nitrogens is 2. The molecule has 0 unspecified atom stereocenters. The lowest BCUT2D eigenvalue weighted by Gasteiger charge is -2.23. The molecule has 2 amide bonds. The van der Waals surface area contributed by atoms with E-state index in [1.165, 1.54) is 0 Å². The number of rotatable bonds is 4. The summed E-state index contributed by atoms with van der Waals surface area (Å²) in [7, 11) is 0. The van der Waals surface area contributed by atoms with Crippen molar-refractivity contribution >= 4 is 11.7 Å². The van der Waals surface area contributed by atoms with E-state index in [0.29, 0.717) is 5.69 Å². The second kappa shape index (κ2) is 6.19. The first-order valence-electron chi connectivity index (χ1n) is 7.14. The van der Waals surface area contributed by atoms with Crippen molar-refractivity contribution in [3.05, 3.63) is 41.7 Å². The number of carbonyl (C=O) groups excluding carboxylic acids is 1. The topological polar surface area (TPSA) is 79.2 Å². The van der Waals surface area contributed by atoms with Crippen LogP contribution in [0, 0.1) is 13.8 Å². The number of nitrogens with one attached hydrogen (secondary N) is 2. The molecule has 2 rings (SSSR count). The summed E-state index contributed by atoms with van der Waals surface area (Å²) in [6, 6.07) is 9.09. The van der Waals surface area contributed by atoms with Gasteiger partial charge in [-0.2, -0.15) is 5.10 Å². The van der Waals surface area contributed by atoms with Crippen molar-refractivity contribution in [2.45, 2.75) is 33.2 Å². The van der Waals surface area contributed by atoms with Crippen molar-refractivity contribution in [2.75, 3.05) is 11.9 Å². The highest BCUT2D eigenvalue weighted by Gasteiger charge is 2.19. The zero-order valence-electron chi connectivity index (χ0n) is 13.3. The minimum atomic E-state index is -0.669. The molecule has 2 aromatic rings.